The van der Waals surface area contributed by atoms with Gasteiger partial charge in [0.25, 0.3) is 0 Å². The average molecular weight is 447 g/mol. The molecule has 0 saturated carbocycles. The van der Waals surface area contributed by atoms with Crippen LogP contribution in [0.15, 0.2) is 47.0 Å². The topological polar surface area (TPSA) is 77.7 Å². The van der Waals surface area contributed by atoms with E-state index < -0.39 is 11.7 Å². The van der Waals surface area contributed by atoms with Crippen molar-refractivity contribution in [3.8, 4) is 22.9 Å². The first-order valence-corrected chi connectivity index (χ1v) is 9.78. The minimum absolute atomic E-state index is 0.0477. The van der Waals surface area contributed by atoms with E-state index in [1.54, 1.807) is 37.3 Å². The van der Waals surface area contributed by atoms with Crippen molar-refractivity contribution in [2.75, 3.05) is 20.8 Å². The maximum atomic E-state index is 13.0. The highest BCUT2D eigenvalue weighted by molar-refractivity contribution is 5.79. The lowest BCUT2D eigenvalue weighted by molar-refractivity contribution is -0.137. The van der Waals surface area contributed by atoms with Gasteiger partial charge in [-0.3, -0.25) is 4.79 Å². The summed E-state index contributed by atoms with van der Waals surface area (Å²) in [6.07, 6.45) is -4.31. The summed E-state index contributed by atoms with van der Waals surface area (Å²) in [6.45, 7) is 0.647. The predicted molar refractivity (Wildman–Crippen MR) is 107 cm³/mol. The van der Waals surface area contributed by atoms with E-state index in [1.807, 2.05) is 0 Å². The molecular weight excluding hydrogens is 427 g/mol. The Morgan fingerprint density at radius 3 is 2.69 bits per heavy atom. The summed E-state index contributed by atoms with van der Waals surface area (Å²) in [5.41, 5.74) is 0.184. The maximum absolute atomic E-state index is 13.0. The van der Waals surface area contributed by atoms with Gasteiger partial charge in [-0.25, -0.2) is 0 Å². The Kier molecular flexibility index (Phi) is 5.77. The van der Waals surface area contributed by atoms with Crippen LogP contribution in [0.2, 0.25) is 0 Å². The number of ether oxygens (including phenoxy) is 2. The minimum atomic E-state index is -4.47. The molecule has 0 N–H and O–H groups in total. The number of rotatable bonds is 6. The van der Waals surface area contributed by atoms with E-state index in [-0.39, 0.29) is 35.5 Å². The fourth-order valence-corrected chi connectivity index (χ4v) is 3.65. The monoisotopic (exact) mass is 447 g/mol. The van der Waals surface area contributed by atoms with Gasteiger partial charge in [-0.2, -0.15) is 18.2 Å². The van der Waals surface area contributed by atoms with E-state index in [9.17, 15) is 18.0 Å². The molecule has 2 heterocycles. The molecule has 0 spiro atoms. The van der Waals surface area contributed by atoms with E-state index in [1.165, 1.54) is 12.1 Å². The first-order chi connectivity index (χ1) is 15.3. The first kappa shape index (κ1) is 21.7. The maximum Gasteiger partial charge on any atom is 0.416 e. The number of alkyl halides is 3. The summed E-state index contributed by atoms with van der Waals surface area (Å²) in [5, 5.41) is 3.82. The van der Waals surface area contributed by atoms with Crippen LogP contribution in [-0.2, 0) is 17.5 Å². The zero-order valence-corrected chi connectivity index (χ0v) is 17.3. The van der Waals surface area contributed by atoms with Crippen molar-refractivity contribution >= 4 is 5.91 Å². The molecule has 1 unspecified atom stereocenters. The number of halogens is 3. The molecule has 168 valence electrons. The number of aromatic nitrogens is 2. The summed E-state index contributed by atoms with van der Waals surface area (Å²) in [6, 6.07) is 10.1. The smallest absolute Gasteiger partial charge is 0.416 e. The van der Waals surface area contributed by atoms with Crippen LogP contribution in [0.3, 0.4) is 0 Å². The van der Waals surface area contributed by atoms with Gasteiger partial charge in [0.15, 0.2) is 0 Å². The van der Waals surface area contributed by atoms with Crippen LogP contribution in [0.1, 0.15) is 29.4 Å². The van der Waals surface area contributed by atoms with Gasteiger partial charge in [-0.15, -0.1) is 0 Å². The Morgan fingerprint density at radius 2 is 1.97 bits per heavy atom. The van der Waals surface area contributed by atoms with Crippen molar-refractivity contribution in [2.45, 2.75) is 25.1 Å². The molecule has 1 aromatic heterocycles. The zero-order chi connectivity index (χ0) is 22.9. The van der Waals surface area contributed by atoms with Gasteiger partial charge in [0.2, 0.25) is 17.6 Å². The molecule has 2 aromatic carbocycles. The van der Waals surface area contributed by atoms with Crippen LogP contribution in [0.4, 0.5) is 13.2 Å². The standard InChI is InChI=1S/C22H20F3N3O4/c1-30-17-6-7-18(31-2)14(9-17)11-28-12-15(10-19(28)29)21-26-20(27-32-21)13-4-3-5-16(8-13)22(23,24)25/h3-9,15H,10-12H2,1-2H3. The molecule has 0 aliphatic carbocycles. The van der Waals surface area contributed by atoms with E-state index in [2.05, 4.69) is 10.1 Å². The normalized spacial score (nSPS) is 16.5. The van der Waals surface area contributed by atoms with E-state index in [0.717, 1.165) is 17.7 Å². The molecule has 1 atom stereocenters. The largest absolute Gasteiger partial charge is 0.497 e. The van der Waals surface area contributed by atoms with E-state index in [4.69, 9.17) is 14.0 Å². The lowest BCUT2D eigenvalue weighted by Crippen LogP contribution is -2.24. The summed E-state index contributed by atoms with van der Waals surface area (Å²) in [7, 11) is 3.11. The van der Waals surface area contributed by atoms with Gasteiger partial charge in [0.05, 0.1) is 25.7 Å². The number of likely N-dealkylation sites (tertiary alicyclic amines) is 1. The molecule has 4 rings (SSSR count). The quantitative estimate of drug-likeness (QED) is 0.561. The molecule has 1 aliphatic rings. The minimum Gasteiger partial charge on any atom is -0.497 e. The number of amides is 1. The van der Waals surface area contributed by atoms with Crippen LogP contribution in [0.25, 0.3) is 11.4 Å². The number of carbonyl (C=O) groups is 1. The molecule has 32 heavy (non-hydrogen) atoms. The lowest BCUT2D eigenvalue weighted by atomic mass is 10.1. The lowest BCUT2D eigenvalue weighted by Gasteiger charge is -2.18. The second kappa shape index (κ2) is 8.52. The molecule has 0 bridgehead atoms. The van der Waals surface area contributed by atoms with Crippen LogP contribution < -0.4 is 9.47 Å². The van der Waals surface area contributed by atoms with Crippen molar-refractivity contribution in [3.05, 3.63) is 59.5 Å². The van der Waals surface area contributed by atoms with E-state index >= 15 is 0 Å². The Hall–Kier alpha value is -3.56. The number of benzene rings is 2. The van der Waals surface area contributed by atoms with Gasteiger partial charge >= 0.3 is 6.18 Å². The number of carbonyl (C=O) groups excluding carboxylic acids is 1. The Balaban J connectivity index is 1.51. The molecule has 1 saturated heterocycles. The van der Waals surface area contributed by atoms with Crippen LogP contribution in [0, 0.1) is 0 Å². The van der Waals surface area contributed by atoms with Crippen molar-refractivity contribution in [1.82, 2.24) is 15.0 Å². The van der Waals surface area contributed by atoms with Crippen molar-refractivity contribution in [1.29, 1.82) is 0 Å². The van der Waals surface area contributed by atoms with Crippen molar-refractivity contribution in [2.24, 2.45) is 0 Å². The third-order valence-electron chi connectivity index (χ3n) is 5.30. The van der Waals surface area contributed by atoms with Crippen LogP contribution in [-0.4, -0.2) is 41.7 Å². The fraction of sp³-hybridized carbons (Fsp3) is 0.318. The van der Waals surface area contributed by atoms with Crippen LogP contribution >= 0.6 is 0 Å². The zero-order valence-electron chi connectivity index (χ0n) is 17.3. The highest BCUT2D eigenvalue weighted by Crippen LogP contribution is 2.34. The second-order valence-corrected chi connectivity index (χ2v) is 7.39. The van der Waals surface area contributed by atoms with Gasteiger partial charge in [0.1, 0.15) is 11.5 Å². The molecule has 3 aromatic rings. The highest BCUT2D eigenvalue weighted by atomic mass is 19.4. The number of nitrogens with zero attached hydrogens (tertiary/aromatic N) is 3. The third kappa shape index (κ3) is 4.39. The Labute approximate surface area is 181 Å². The van der Waals surface area contributed by atoms with Crippen molar-refractivity contribution < 1.29 is 32.0 Å². The molecule has 1 fully saturated rings. The van der Waals surface area contributed by atoms with Crippen LogP contribution in [0.5, 0.6) is 11.5 Å². The van der Waals surface area contributed by atoms with E-state index in [0.29, 0.717) is 24.6 Å². The summed E-state index contributed by atoms with van der Waals surface area (Å²) >= 11 is 0. The molecule has 7 nitrogen and oxygen atoms in total. The molecule has 10 heteroatoms. The van der Waals surface area contributed by atoms with Gasteiger partial charge in [0, 0.05) is 30.6 Å². The molecular formula is C22H20F3N3O4. The highest BCUT2D eigenvalue weighted by Gasteiger charge is 2.35. The molecule has 1 amide bonds. The van der Waals surface area contributed by atoms with Gasteiger partial charge in [-0.05, 0) is 30.3 Å². The second-order valence-electron chi connectivity index (χ2n) is 7.39. The summed E-state index contributed by atoms with van der Waals surface area (Å²) in [4.78, 5) is 18.5. The predicted octanol–water partition coefficient (Wildman–Crippen LogP) is 4.29. The molecule has 0 radical (unpaired) electrons. The van der Waals surface area contributed by atoms with Gasteiger partial charge in [-0.1, -0.05) is 17.3 Å². The van der Waals surface area contributed by atoms with Crippen molar-refractivity contribution in [3.63, 3.8) is 0 Å². The number of methoxy groups -OCH3 is 2. The molecule has 1 aliphatic heterocycles. The Bertz CT molecular complexity index is 1130. The SMILES string of the molecule is COc1ccc(OC)c(CN2CC(c3nc(-c4cccc(C(F)(F)F)c4)no3)CC2=O)c1. The summed E-state index contributed by atoms with van der Waals surface area (Å²) in [5.74, 6) is 1.08. The average Bonchev–Trinajstić information content (AvgIpc) is 3.40. The fourth-order valence-electron chi connectivity index (χ4n) is 3.65. The van der Waals surface area contributed by atoms with Gasteiger partial charge < -0.3 is 18.9 Å². The number of hydrogen-bond donors (Lipinski definition) is 0. The summed E-state index contributed by atoms with van der Waals surface area (Å²) < 4.78 is 54.8. The first-order valence-electron chi connectivity index (χ1n) is 9.78. The Morgan fingerprint density at radius 1 is 1.16 bits per heavy atom. The third-order valence-corrected chi connectivity index (χ3v) is 5.30. The number of hydrogen-bond acceptors (Lipinski definition) is 6.